The molecule has 3 aromatic rings. The summed E-state index contributed by atoms with van der Waals surface area (Å²) in [5, 5.41) is 3.52. The second-order valence-electron chi connectivity index (χ2n) is 9.36. The predicted octanol–water partition coefficient (Wildman–Crippen LogP) is 8.54. The van der Waals surface area contributed by atoms with Crippen LogP contribution in [0.4, 0.5) is 23.2 Å². The SMILES string of the molecule is COc1cc(OSC(F)(F)F)ccc1-c1ccc2c(c1COc1cc(F)ccc1C)C(C)=CC(C)(C)N2. The quantitative estimate of drug-likeness (QED) is 0.243. The molecule has 1 N–H and O–H groups in total. The van der Waals surface area contributed by atoms with Crippen molar-refractivity contribution in [3.05, 3.63) is 77.1 Å². The predicted molar refractivity (Wildman–Crippen MR) is 140 cm³/mol. The van der Waals surface area contributed by atoms with Crippen molar-refractivity contribution in [2.75, 3.05) is 12.4 Å². The van der Waals surface area contributed by atoms with Crippen LogP contribution in [0.5, 0.6) is 17.2 Å². The van der Waals surface area contributed by atoms with Crippen molar-refractivity contribution in [2.24, 2.45) is 0 Å². The molecule has 3 aromatic carbocycles. The molecule has 4 rings (SSSR count). The number of hydrogen-bond donors (Lipinski definition) is 1. The molecule has 0 unspecified atom stereocenters. The lowest BCUT2D eigenvalue weighted by molar-refractivity contribution is -0.0369. The lowest BCUT2D eigenvalue weighted by Gasteiger charge is -2.33. The second kappa shape index (κ2) is 10.2. The van der Waals surface area contributed by atoms with Crippen molar-refractivity contribution in [1.82, 2.24) is 0 Å². The Morgan fingerprint density at radius 3 is 2.38 bits per heavy atom. The number of nitrogens with one attached hydrogen (secondary N) is 1. The average molecular weight is 534 g/mol. The van der Waals surface area contributed by atoms with Crippen molar-refractivity contribution in [3.63, 3.8) is 0 Å². The summed E-state index contributed by atoms with van der Waals surface area (Å²) >= 11 is -0.584. The lowest BCUT2D eigenvalue weighted by Crippen LogP contribution is -2.32. The highest BCUT2D eigenvalue weighted by molar-refractivity contribution is 7.95. The molecule has 1 aliphatic heterocycles. The molecular formula is C28H27F4NO3S. The largest absolute Gasteiger partial charge is 0.496 e. The van der Waals surface area contributed by atoms with Crippen molar-refractivity contribution in [1.29, 1.82) is 0 Å². The summed E-state index contributed by atoms with van der Waals surface area (Å²) in [6, 6.07) is 12.8. The van der Waals surface area contributed by atoms with Gasteiger partial charge >= 0.3 is 5.51 Å². The van der Waals surface area contributed by atoms with E-state index in [4.69, 9.17) is 13.7 Å². The first-order valence-corrected chi connectivity index (χ1v) is 12.2. The minimum atomic E-state index is -4.53. The van der Waals surface area contributed by atoms with E-state index in [0.717, 1.165) is 33.5 Å². The molecule has 37 heavy (non-hydrogen) atoms. The van der Waals surface area contributed by atoms with Crippen LogP contribution >= 0.6 is 12.0 Å². The number of halogens is 4. The Labute approximate surface area is 217 Å². The first-order chi connectivity index (χ1) is 17.4. The number of methoxy groups -OCH3 is 1. The summed E-state index contributed by atoms with van der Waals surface area (Å²) < 4.78 is 68.2. The highest BCUT2D eigenvalue weighted by Gasteiger charge is 2.32. The molecule has 0 fully saturated rings. The van der Waals surface area contributed by atoms with Crippen LogP contribution < -0.4 is 19.0 Å². The molecule has 0 saturated carbocycles. The molecular weight excluding hydrogens is 506 g/mol. The molecule has 0 radical (unpaired) electrons. The van der Waals surface area contributed by atoms with Gasteiger partial charge in [-0.3, -0.25) is 0 Å². The summed E-state index contributed by atoms with van der Waals surface area (Å²) in [6.07, 6.45) is 2.12. The molecule has 0 aromatic heterocycles. The summed E-state index contributed by atoms with van der Waals surface area (Å²) in [4.78, 5) is 0. The van der Waals surface area contributed by atoms with Crippen molar-refractivity contribution >= 4 is 23.3 Å². The highest BCUT2D eigenvalue weighted by atomic mass is 32.2. The van der Waals surface area contributed by atoms with Crippen LogP contribution in [0.2, 0.25) is 0 Å². The number of hydrogen-bond acceptors (Lipinski definition) is 5. The van der Waals surface area contributed by atoms with E-state index in [1.54, 1.807) is 12.1 Å². The third-order valence-electron chi connectivity index (χ3n) is 5.96. The van der Waals surface area contributed by atoms with Crippen LogP contribution in [0.15, 0.2) is 54.6 Å². The van der Waals surface area contributed by atoms with Gasteiger partial charge in [0.15, 0.2) is 12.0 Å². The van der Waals surface area contributed by atoms with Gasteiger partial charge in [0.2, 0.25) is 0 Å². The van der Waals surface area contributed by atoms with E-state index in [1.165, 1.54) is 31.4 Å². The Bertz CT molecular complexity index is 1350. The van der Waals surface area contributed by atoms with Crippen LogP contribution in [-0.2, 0) is 6.61 Å². The fraction of sp³-hybridized carbons (Fsp3) is 0.286. The molecule has 4 nitrogen and oxygen atoms in total. The van der Waals surface area contributed by atoms with Gasteiger partial charge in [-0.15, -0.1) is 0 Å². The van der Waals surface area contributed by atoms with Crippen LogP contribution in [0.1, 0.15) is 37.5 Å². The fourth-order valence-electron chi connectivity index (χ4n) is 4.52. The second-order valence-corrected chi connectivity index (χ2v) is 10.2. The van der Waals surface area contributed by atoms with Crippen LogP contribution in [0.3, 0.4) is 0 Å². The lowest BCUT2D eigenvalue weighted by atomic mass is 9.85. The Balaban J connectivity index is 1.81. The summed E-state index contributed by atoms with van der Waals surface area (Å²) in [5.74, 6) is 0.376. The van der Waals surface area contributed by atoms with Gasteiger partial charge in [-0.05, 0) is 68.7 Å². The standard InChI is InChI=1S/C28H27F4NO3S/c1-16-6-7-18(29)12-24(16)35-15-22-20(10-11-23-26(22)17(2)14-27(3,4)33-23)21-9-8-19(13-25(21)34-5)36-37-28(30,31)32/h6-14,33H,15H2,1-5H3. The molecule has 0 bridgehead atoms. The molecule has 0 spiro atoms. The number of allylic oxidation sites excluding steroid dienone is 1. The number of benzene rings is 3. The average Bonchev–Trinajstić information content (AvgIpc) is 2.81. The van der Waals surface area contributed by atoms with E-state index >= 15 is 0 Å². The Kier molecular flexibility index (Phi) is 7.37. The third kappa shape index (κ3) is 6.15. The maximum atomic E-state index is 13.9. The van der Waals surface area contributed by atoms with E-state index in [9.17, 15) is 17.6 Å². The molecule has 196 valence electrons. The van der Waals surface area contributed by atoms with E-state index in [0.29, 0.717) is 17.1 Å². The number of anilines is 1. The van der Waals surface area contributed by atoms with Gasteiger partial charge in [0, 0.05) is 34.5 Å². The number of aryl methyl sites for hydroxylation is 1. The minimum Gasteiger partial charge on any atom is -0.496 e. The molecule has 0 aliphatic carbocycles. The van der Waals surface area contributed by atoms with Crippen LogP contribution in [0.25, 0.3) is 16.7 Å². The Morgan fingerprint density at radius 1 is 0.946 bits per heavy atom. The van der Waals surface area contributed by atoms with Gasteiger partial charge < -0.3 is 19.0 Å². The van der Waals surface area contributed by atoms with Gasteiger partial charge in [0.25, 0.3) is 0 Å². The summed E-state index contributed by atoms with van der Waals surface area (Å²) in [5.41, 5.74) is 1.16. The first-order valence-electron chi connectivity index (χ1n) is 11.5. The number of rotatable bonds is 7. The monoisotopic (exact) mass is 533 g/mol. The van der Waals surface area contributed by atoms with Gasteiger partial charge in [-0.25, -0.2) is 4.39 Å². The van der Waals surface area contributed by atoms with Crippen molar-refractivity contribution in [2.45, 2.75) is 45.3 Å². The highest BCUT2D eigenvalue weighted by Crippen LogP contribution is 2.44. The summed E-state index contributed by atoms with van der Waals surface area (Å²) in [6.45, 7) is 8.12. The van der Waals surface area contributed by atoms with Gasteiger partial charge in [-0.1, -0.05) is 18.2 Å². The van der Waals surface area contributed by atoms with E-state index in [1.807, 2.05) is 26.0 Å². The molecule has 0 atom stereocenters. The third-order valence-corrected chi connectivity index (χ3v) is 6.42. The van der Waals surface area contributed by atoms with Crippen molar-refractivity contribution in [3.8, 4) is 28.4 Å². The summed E-state index contributed by atoms with van der Waals surface area (Å²) in [7, 11) is 1.44. The molecule has 1 heterocycles. The maximum absolute atomic E-state index is 13.9. The zero-order valence-electron chi connectivity index (χ0n) is 21.0. The van der Waals surface area contributed by atoms with Gasteiger partial charge in [-0.2, -0.15) is 13.2 Å². The number of ether oxygens (including phenoxy) is 2. The van der Waals surface area contributed by atoms with E-state index < -0.39 is 23.4 Å². The minimum absolute atomic E-state index is 0.00793. The Hall–Kier alpha value is -3.33. The van der Waals surface area contributed by atoms with Gasteiger partial charge in [0.1, 0.15) is 29.7 Å². The molecule has 9 heteroatoms. The fourth-order valence-corrected chi connectivity index (χ4v) is 4.82. The topological polar surface area (TPSA) is 39.7 Å². The zero-order chi connectivity index (χ0) is 27.0. The Morgan fingerprint density at radius 2 is 1.68 bits per heavy atom. The normalized spacial score (nSPS) is 14.4. The number of fused-ring (bicyclic) bond motifs is 1. The molecule has 0 saturated heterocycles. The van der Waals surface area contributed by atoms with Crippen LogP contribution in [0, 0.1) is 12.7 Å². The first kappa shape index (κ1) is 26.7. The van der Waals surface area contributed by atoms with Crippen LogP contribution in [-0.4, -0.2) is 18.2 Å². The zero-order valence-corrected chi connectivity index (χ0v) is 21.9. The van der Waals surface area contributed by atoms with E-state index in [2.05, 4.69) is 25.2 Å². The molecule has 1 aliphatic rings. The number of alkyl halides is 3. The maximum Gasteiger partial charge on any atom is 0.479 e. The van der Waals surface area contributed by atoms with E-state index in [-0.39, 0.29) is 17.9 Å². The van der Waals surface area contributed by atoms with Crippen molar-refractivity contribution < 1.29 is 31.2 Å². The smallest absolute Gasteiger partial charge is 0.479 e. The van der Waals surface area contributed by atoms with Gasteiger partial charge in [0.05, 0.1) is 12.6 Å². The molecule has 0 amide bonds.